The Bertz CT molecular complexity index is 570. The van der Waals surface area contributed by atoms with E-state index < -0.39 is 25.6 Å². The van der Waals surface area contributed by atoms with Crippen molar-refractivity contribution in [3.05, 3.63) is 23.8 Å². The third kappa shape index (κ3) is 3.34. The molecular weight excluding hydrogens is 302 g/mol. The van der Waals surface area contributed by atoms with Gasteiger partial charge < -0.3 is 9.47 Å². The summed E-state index contributed by atoms with van der Waals surface area (Å²) in [5.74, 6) is -3.26. The van der Waals surface area contributed by atoms with Gasteiger partial charge in [-0.2, -0.15) is 4.39 Å². The Kier molecular flexibility index (Phi) is 4.27. The summed E-state index contributed by atoms with van der Waals surface area (Å²) in [4.78, 5) is -0.904. The first-order valence-corrected chi connectivity index (χ1v) is 7.87. The highest BCUT2D eigenvalue weighted by atomic mass is 35.7. The molecule has 4 nitrogen and oxygen atoms in total. The smallest absolute Gasteiger partial charge is 0.264 e. The third-order valence-electron chi connectivity index (χ3n) is 2.69. The molecule has 0 N–H and O–H groups in total. The van der Waals surface area contributed by atoms with Crippen molar-refractivity contribution in [2.75, 3.05) is 13.2 Å². The van der Waals surface area contributed by atoms with E-state index >= 15 is 0 Å². The molecule has 1 aliphatic rings. The maximum atomic E-state index is 13.7. The van der Waals surface area contributed by atoms with Crippen molar-refractivity contribution in [2.24, 2.45) is 0 Å². The van der Waals surface area contributed by atoms with E-state index in [2.05, 4.69) is 0 Å². The van der Waals surface area contributed by atoms with Gasteiger partial charge in [0.1, 0.15) is 11.0 Å². The van der Waals surface area contributed by atoms with Gasteiger partial charge in [0.05, 0.1) is 6.61 Å². The minimum absolute atomic E-state index is 0.288. The molecule has 19 heavy (non-hydrogen) atoms. The standard InChI is InChI=1S/C11H11ClF2O4S/c12-19(15,16)9-4-3-8(10(13)11(9)14)18-7-2-1-5-17-6-7/h3-4,7H,1-2,5-6H2. The van der Waals surface area contributed by atoms with Crippen molar-refractivity contribution in [2.45, 2.75) is 23.8 Å². The predicted octanol–water partition coefficient (Wildman–Crippen LogP) is 2.45. The van der Waals surface area contributed by atoms with Gasteiger partial charge in [-0.15, -0.1) is 0 Å². The molecule has 1 atom stereocenters. The molecular formula is C11H11ClF2O4S. The van der Waals surface area contributed by atoms with Crippen molar-refractivity contribution in [3.63, 3.8) is 0 Å². The second-order valence-electron chi connectivity index (χ2n) is 4.08. The van der Waals surface area contributed by atoms with Crippen LogP contribution in [0.3, 0.4) is 0 Å². The summed E-state index contributed by atoms with van der Waals surface area (Å²) in [6, 6.07) is 1.92. The number of benzene rings is 1. The largest absolute Gasteiger partial charge is 0.485 e. The van der Waals surface area contributed by atoms with Gasteiger partial charge in [-0.1, -0.05) is 0 Å². The Morgan fingerprint density at radius 2 is 2.05 bits per heavy atom. The van der Waals surface area contributed by atoms with Gasteiger partial charge in [0, 0.05) is 17.3 Å². The fourth-order valence-corrected chi connectivity index (χ4v) is 2.67. The van der Waals surface area contributed by atoms with E-state index in [1.165, 1.54) is 0 Å². The zero-order chi connectivity index (χ0) is 14.0. The topological polar surface area (TPSA) is 52.6 Å². The molecule has 1 aromatic carbocycles. The van der Waals surface area contributed by atoms with Crippen LogP contribution in [0.1, 0.15) is 12.8 Å². The van der Waals surface area contributed by atoms with Crippen LogP contribution in [0.25, 0.3) is 0 Å². The van der Waals surface area contributed by atoms with E-state index in [0.29, 0.717) is 13.0 Å². The summed E-state index contributed by atoms with van der Waals surface area (Å²) >= 11 is 0. The fourth-order valence-electron chi connectivity index (χ4n) is 1.78. The molecule has 1 saturated heterocycles. The lowest BCUT2D eigenvalue weighted by atomic mass is 10.2. The van der Waals surface area contributed by atoms with Crippen LogP contribution in [0.2, 0.25) is 0 Å². The summed E-state index contributed by atoms with van der Waals surface area (Å²) in [5, 5.41) is 0. The van der Waals surface area contributed by atoms with E-state index in [0.717, 1.165) is 18.6 Å². The minimum Gasteiger partial charge on any atom is -0.485 e. The lowest BCUT2D eigenvalue weighted by Gasteiger charge is -2.23. The predicted molar refractivity (Wildman–Crippen MR) is 63.9 cm³/mol. The normalized spacial score (nSPS) is 20.3. The van der Waals surface area contributed by atoms with Gasteiger partial charge in [-0.05, 0) is 25.0 Å². The molecule has 106 valence electrons. The molecule has 1 fully saturated rings. The number of hydrogen-bond donors (Lipinski definition) is 0. The number of rotatable bonds is 3. The van der Waals surface area contributed by atoms with E-state index in [-0.39, 0.29) is 18.5 Å². The summed E-state index contributed by atoms with van der Waals surface area (Å²) < 4.78 is 59.7. The van der Waals surface area contributed by atoms with Gasteiger partial charge in [-0.25, -0.2) is 12.8 Å². The molecule has 1 unspecified atom stereocenters. The van der Waals surface area contributed by atoms with Crippen LogP contribution in [-0.2, 0) is 13.8 Å². The third-order valence-corrected chi connectivity index (χ3v) is 4.03. The highest BCUT2D eigenvalue weighted by molar-refractivity contribution is 8.13. The molecule has 1 aliphatic heterocycles. The molecule has 1 heterocycles. The molecule has 0 radical (unpaired) electrons. The maximum absolute atomic E-state index is 13.7. The molecule has 0 bridgehead atoms. The Morgan fingerprint density at radius 3 is 2.63 bits per heavy atom. The van der Waals surface area contributed by atoms with Gasteiger partial charge in [0.15, 0.2) is 11.6 Å². The van der Waals surface area contributed by atoms with Gasteiger partial charge >= 0.3 is 0 Å². The van der Waals surface area contributed by atoms with E-state index in [9.17, 15) is 17.2 Å². The Hall–Kier alpha value is -0.920. The van der Waals surface area contributed by atoms with Crippen molar-refractivity contribution in [1.82, 2.24) is 0 Å². The average molecular weight is 313 g/mol. The second-order valence-corrected chi connectivity index (χ2v) is 6.62. The molecule has 0 aliphatic carbocycles. The van der Waals surface area contributed by atoms with Crippen molar-refractivity contribution >= 4 is 19.7 Å². The van der Waals surface area contributed by atoms with Gasteiger partial charge in [0.2, 0.25) is 5.82 Å². The second kappa shape index (κ2) is 5.60. The quantitative estimate of drug-likeness (QED) is 0.805. The molecule has 0 amide bonds. The zero-order valence-electron chi connectivity index (χ0n) is 9.74. The highest BCUT2D eigenvalue weighted by Crippen LogP contribution is 2.29. The van der Waals surface area contributed by atoms with Crippen LogP contribution in [0.15, 0.2) is 17.0 Å². The lowest BCUT2D eigenvalue weighted by Crippen LogP contribution is -2.28. The number of hydrogen-bond acceptors (Lipinski definition) is 4. The monoisotopic (exact) mass is 312 g/mol. The van der Waals surface area contributed by atoms with Crippen LogP contribution < -0.4 is 4.74 Å². The fraction of sp³-hybridized carbons (Fsp3) is 0.455. The Labute approximate surface area is 113 Å². The maximum Gasteiger partial charge on any atom is 0.264 e. The summed E-state index contributed by atoms with van der Waals surface area (Å²) in [5.41, 5.74) is 0. The average Bonchev–Trinajstić information content (AvgIpc) is 2.35. The van der Waals surface area contributed by atoms with Crippen LogP contribution >= 0.6 is 10.7 Å². The van der Waals surface area contributed by atoms with E-state index in [4.69, 9.17) is 20.2 Å². The summed E-state index contributed by atoms with van der Waals surface area (Å²) in [6.07, 6.45) is 1.06. The molecule has 0 saturated carbocycles. The van der Waals surface area contributed by atoms with Crippen LogP contribution in [0, 0.1) is 11.6 Å². The first kappa shape index (κ1) is 14.5. The van der Waals surface area contributed by atoms with Crippen molar-refractivity contribution < 1.29 is 26.7 Å². The van der Waals surface area contributed by atoms with E-state index in [1.54, 1.807) is 0 Å². The number of ether oxygens (including phenoxy) is 2. The highest BCUT2D eigenvalue weighted by Gasteiger charge is 2.24. The molecule has 0 aromatic heterocycles. The zero-order valence-corrected chi connectivity index (χ0v) is 11.3. The molecule has 2 rings (SSSR count). The summed E-state index contributed by atoms with van der Waals surface area (Å²) in [7, 11) is 0.656. The number of halogens is 3. The van der Waals surface area contributed by atoms with Crippen LogP contribution in [0.4, 0.5) is 8.78 Å². The van der Waals surface area contributed by atoms with Crippen LogP contribution in [-0.4, -0.2) is 27.7 Å². The van der Waals surface area contributed by atoms with Gasteiger partial charge in [0.25, 0.3) is 9.05 Å². The Morgan fingerprint density at radius 1 is 1.32 bits per heavy atom. The lowest BCUT2D eigenvalue weighted by molar-refractivity contribution is 0.00554. The van der Waals surface area contributed by atoms with E-state index in [1.807, 2.05) is 0 Å². The first-order chi connectivity index (χ1) is 8.89. The summed E-state index contributed by atoms with van der Waals surface area (Å²) in [6.45, 7) is 0.900. The van der Waals surface area contributed by atoms with Crippen molar-refractivity contribution in [3.8, 4) is 5.75 Å². The van der Waals surface area contributed by atoms with Gasteiger partial charge in [-0.3, -0.25) is 0 Å². The SMILES string of the molecule is O=S(=O)(Cl)c1ccc(OC2CCCOC2)c(F)c1F. The van der Waals surface area contributed by atoms with Crippen LogP contribution in [0.5, 0.6) is 5.75 Å². The molecule has 0 spiro atoms. The molecule has 8 heteroatoms. The first-order valence-electron chi connectivity index (χ1n) is 5.56. The minimum atomic E-state index is -4.33. The molecule has 1 aromatic rings. The van der Waals surface area contributed by atoms with Crippen molar-refractivity contribution in [1.29, 1.82) is 0 Å². The Balaban J connectivity index is 2.26.